The van der Waals surface area contributed by atoms with E-state index in [0.717, 1.165) is 22.0 Å². The van der Waals surface area contributed by atoms with E-state index in [1.165, 1.54) is 0 Å². The van der Waals surface area contributed by atoms with Crippen molar-refractivity contribution in [3.05, 3.63) is 70.4 Å². The van der Waals surface area contributed by atoms with Gasteiger partial charge in [-0.25, -0.2) is 4.79 Å². The molecule has 0 radical (unpaired) electrons. The quantitative estimate of drug-likeness (QED) is 0.469. The Balaban J connectivity index is 1.64. The Labute approximate surface area is 170 Å². The van der Waals surface area contributed by atoms with Crippen molar-refractivity contribution in [3.8, 4) is 11.3 Å². The van der Waals surface area contributed by atoms with Gasteiger partial charge in [0.15, 0.2) is 5.76 Å². The van der Waals surface area contributed by atoms with Crippen LogP contribution in [0.5, 0.6) is 0 Å². The summed E-state index contributed by atoms with van der Waals surface area (Å²) in [7, 11) is 0. The number of ether oxygens (including phenoxy) is 1. The van der Waals surface area contributed by atoms with Crippen molar-refractivity contribution in [2.24, 2.45) is 0 Å². The highest BCUT2D eigenvalue weighted by molar-refractivity contribution is 9.08. The molecule has 2 aromatic carbocycles. The van der Waals surface area contributed by atoms with Gasteiger partial charge in [-0.05, 0) is 24.1 Å². The Kier molecular flexibility index (Phi) is 6.53. The molecule has 7 heteroatoms. The number of alkyl halides is 1. The van der Waals surface area contributed by atoms with E-state index in [0.29, 0.717) is 28.6 Å². The third-order valence-corrected chi connectivity index (χ3v) is 5.04. The van der Waals surface area contributed by atoms with Crippen LogP contribution in [0, 0.1) is 6.92 Å². The number of nitrogens with zero attached hydrogens (tertiary/aromatic N) is 1. The maximum atomic E-state index is 12.2. The number of hydrogen-bond donors (Lipinski definition) is 1. The number of nitrogens with one attached hydrogen (secondary N) is 1. The highest BCUT2D eigenvalue weighted by Crippen LogP contribution is 2.31. The minimum Gasteiger partial charge on any atom is -0.449 e. The van der Waals surface area contributed by atoms with E-state index < -0.39 is 6.09 Å². The Morgan fingerprint density at radius 1 is 1.22 bits per heavy atom. The highest BCUT2D eigenvalue weighted by atomic mass is 79.9. The summed E-state index contributed by atoms with van der Waals surface area (Å²) in [5.74, 6) is 0.497. The molecule has 0 aliphatic carbocycles. The first-order valence-corrected chi connectivity index (χ1v) is 9.87. The van der Waals surface area contributed by atoms with Crippen LogP contribution in [0.2, 0.25) is 5.02 Å². The first kappa shape index (κ1) is 19.5. The molecule has 0 unspecified atom stereocenters. The van der Waals surface area contributed by atoms with Crippen LogP contribution in [-0.4, -0.2) is 17.9 Å². The highest BCUT2D eigenvalue weighted by Gasteiger charge is 2.18. The lowest BCUT2D eigenvalue weighted by atomic mass is 10.1. The van der Waals surface area contributed by atoms with Crippen LogP contribution in [0.15, 0.2) is 53.1 Å². The molecule has 0 aliphatic heterocycles. The number of anilines is 1. The van der Waals surface area contributed by atoms with Crippen molar-refractivity contribution in [3.63, 3.8) is 0 Å². The number of benzene rings is 2. The maximum absolute atomic E-state index is 12.2. The topological polar surface area (TPSA) is 64.4 Å². The van der Waals surface area contributed by atoms with E-state index >= 15 is 0 Å². The molecular weight excluding hydrogens is 432 g/mol. The van der Waals surface area contributed by atoms with E-state index in [9.17, 15) is 4.79 Å². The number of amides is 1. The number of carbonyl (C=O) groups excluding carboxylic acids is 1. The molecule has 3 rings (SSSR count). The van der Waals surface area contributed by atoms with Gasteiger partial charge >= 0.3 is 6.09 Å². The summed E-state index contributed by atoms with van der Waals surface area (Å²) < 4.78 is 10.7. The van der Waals surface area contributed by atoms with E-state index in [2.05, 4.69) is 26.4 Å². The summed E-state index contributed by atoms with van der Waals surface area (Å²) in [5.41, 5.74) is 3.98. The van der Waals surface area contributed by atoms with Gasteiger partial charge in [0.2, 0.25) is 0 Å². The fraction of sp³-hybridized carbons (Fsp3) is 0.200. The Morgan fingerprint density at radius 2 is 1.96 bits per heavy atom. The molecule has 1 amide bonds. The molecule has 140 valence electrons. The monoisotopic (exact) mass is 448 g/mol. The van der Waals surface area contributed by atoms with Crippen LogP contribution in [0.1, 0.15) is 16.8 Å². The predicted octanol–water partition coefficient (Wildman–Crippen LogP) is 5.99. The van der Waals surface area contributed by atoms with Crippen molar-refractivity contribution >= 4 is 39.3 Å². The molecule has 0 saturated heterocycles. The predicted molar refractivity (Wildman–Crippen MR) is 109 cm³/mol. The van der Waals surface area contributed by atoms with Gasteiger partial charge < -0.3 is 9.26 Å². The molecule has 3 aromatic rings. The molecule has 1 aromatic heterocycles. The zero-order valence-corrected chi connectivity index (χ0v) is 17.0. The zero-order valence-electron chi connectivity index (χ0n) is 14.7. The SMILES string of the molecule is Cc1noc(-c2ccc(CBr)cc2)c1NC(=O)OCCc1ccccc1Cl. The molecule has 27 heavy (non-hydrogen) atoms. The molecule has 0 fully saturated rings. The summed E-state index contributed by atoms with van der Waals surface area (Å²) >= 11 is 9.52. The lowest BCUT2D eigenvalue weighted by molar-refractivity contribution is 0.163. The van der Waals surface area contributed by atoms with E-state index in [-0.39, 0.29) is 6.61 Å². The number of carbonyl (C=O) groups is 1. The van der Waals surface area contributed by atoms with Crippen LogP contribution in [0.3, 0.4) is 0 Å². The van der Waals surface area contributed by atoms with E-state index in [1.54, 1.807) is 6.92 Å². The van der Waals surface area contributed by atoms with Gasteiger partial charge in [-0.2, -0.15) is 0 Å². The third-order valence-electron chi connectivity index (χ3n) is 4.02. The fourth-order valence-electron chi connectivity index (χ4n) is 2.55. The summed E-state index contributed by atoms with van der Waals surface area (Å²) in [4.78, 5) is 12.2. The standard InChI is InChI=1S/C20H18BrClN2O3/c1-13-18(19(27-24-13)16-8-6-14(12-21)7-9-16)23-20(25)26-11-10-15-4-2-3-5-17(15)22/h2-9H,10-12H2,1H3,(H,23,25). The van der Waals surface area contributed by atoms with Crippen LogP contribution >= 0.6 is 27.5 Å². The van der Waals surface area contributed by atoms with Gasteiger partial charge in [0, 0.05) is 22.3 Å². The number of hydrogen-bond acceptors (Lipinski definition) is 4. The molecule has 0 saturated carbocycles. The molecular formula is C20H18BrClN2O3. The second-order valence-corrected chi connectivity index (χ2v) is 6.87. The number of rotatable bonds is 6. The van der Waals surface area contributed by atoms with Crippen LogP contribution < -0.4 is 5.32 Å². The second kappa shape index (κ2) is 9.06. The van der Waals surface area contributed by atoms with Crippen molar-refractivity contribution in [1.82, 2.24) is 5.16 Å². The average Bonchev–Trinajstić information content (AvgIpc) is 3.04. The van der Waals surface area contributed by atoms with Crippen LogP contribution in [-0.2, 0) is 16.5 Å². The van der Waals surface area contributed by atoms with Gasteiger partial charge in [0.1, 0.15) is 11.4 Å². The third kappa shape index (κ3) is 4.90. The first-order valence-electron chi connectivity index (χ1n) is 8.37. The Morgan fingerprint density at radius 3 is 2.67 bits per heavy atom. The summed E-state index contributed by atoms with van der Waals surface area (Å²) in [6.45, 7) is 1.98. The van der Waals surface area contributed by atoms with E-state index in [4.69, 9.17) is 20.9 Å². The molecule has 5 nitrogen and oxygen atoms in total. The minimum atomic E-state index is -0.563. The molecule has 0 aliphatic rings. The molecule has 0 atom stereocenters. The molecule has 0 spiro atoms. The fourth-order valence-corrected chi connectivity index (χ4v) is 3.16. The second-order valence-electron chi connectivity index (χ2n) is 5.90. The van der Waals surface area contributed by atoms with Gasteiger partial charge in [-0.3, -0.25) is 5.32 Å². The number of aryl methyl sites for hydroxylation is 1. The molecule has 1 heterocycles. The average molecular weight is 450 g/mol. The zero-order chi connectivity index (χ0) is 19.2. The van der Waals surface area contributed by atoms with E-state index in [1.807, 2.05) is 48.5 Å². The molecule has 0 bridgehead atoms. The van der Waals surface area contributed by atoms with Crippen LogP contribution in [0.25, 0.3) is 11.3 Å². The summed E-state index contributed by atoms with van der Waals surface area (Å²) in [5, 5.41) is 8.11. The number of aromatic nitrogens is 1. The normalized spacial score (nSPS) is 10.6. The Hall–Kier alpha value is -2.31. The van der Waals surface area contributed by atoms with Crippen molar-refractivity contribution in [1.29, 1.82) is 0 Å². The van der Waals surface area contributed by atoms with Gasteiger partial charge in [-0.15, -0.1) is 0 Å². The minimum absolute atomic E-state index is 0.217. The van der Waals surface area contributed by atoms with Gasteiger partial charge in [0.05, 0.1) is 6.61 Å². The van der Waals surface area contributed by atoms with Crippen LogP contribution in [0.4, 0.5) is 10.5 Å². The van der Waals surface area contributed by atoms with Crippen molar-refractivity contribution in [2.45, 2.75) is 18.7 Å². The van der Waals surface area contributed by atoms with Gasteiger partial charge in [0.25, 0.3) is 0 Å². The summed E-state index contributed by atoms with van der Waals surface area (Å²) in [6, 6.07) is 15.3. The number of halogens is 2. The van der Waals surface area contributed by atoms with Gasteiger partial charge in [-0.1, -0.05) is 75.2 Å². The largest absolute Gasteiger partial charge is 0.449 e. The lowest BCUT2D eigenvalue weighted by Crippen LogP contribution is -2.16. The Bertz CT molecular complexity index is 925. The maximum Gasteiger partial charge on any atom is 0.411 e. The smallest absolute Gasteiger partial charge is 0.411 e. The van der Waals surface area contributed by atoms with Crippen molar-refractivity contribution in [2.75, 3.05) is 11.9 Å². The lowest BCUT2D eigenvalue weighted by Gasteiger charge is -2.08. The summed E-state index contributed by atoms with van der Waals surface area (Å²) in [6.07, 6.45) is -0.0250. The molecule has 1 N–H and O–H groups in total. The first-order chi connectivity index (χ1) is 13.1. The van der Waals surface area contributed by atoms with Crippen molar-refractivity contribution < 1.29 is 14.1 Å².